The fraction of sp³-hybridized carbons (Fsp3) is 0.714. The molecule has 1 unspecified atom stereocenters. The van der Waals surface area contributed by atoms with Crippen molar-refractivity contribution >= 4 is 12.4 Å². The predicted molar refractivity (Wildman–Crippen MR) is 38.2 cm³/mol. The van der Waals surface area contributed by atoms with Gasteiger partial charge in [0.2, 0.25) is 0 Å². The summed E-state index contributed by atoms with van der Waals surface area (Å²) in [6.07, 6.45) is 1.57. The maximum Gasteiger partial charge on any atom is 0.409 e. The van der Waals surface area contributed by atoms with Gasteiger partial charge in [-0.3, -0.25) is 0 Å². The minimum atomic E-state index is -0.291. The van der Waals surface area contributed by atoms with Crippen molar-refractivity contribution in [1.29, 1.82) is 0 Å². The summed E-state index contributed by atoms with van der Waals surface area (Å²) >= 11 is 0. The molecule has 1 aliphatic heterocycles. The summed E-state index contributed by atoms with van der Waals surface area (Å²) in [6.45, 7) is 0.604. The summed E-state index contributed by atoms with van der Waals surface area (Å²) in [5, 5.41) is 0. The quantitative estimate of drug-likeness (QED) is 0.557. The van der Waals surface area contributed by atoms with E-state index in [-0.39, 0.29) is 12.2 Å². The third-order valence-electron chi connectivity index (χ3n) is 1.66. The summed E-state index contributed by atoms with van der Waals surface area (Å²) in [4.78, 5) is 22.2. The molecule has 11 heavy (non-hydrogen) atoms. The molecule has 1 amide bonds. The van der Waals surface area contributed by atoms with Crippen LogP contribution >= 0.6 is 0 Å². The lowest BCUT2D eigenvalue weighted by Gasteiger charge is -2.03. The van der Waals surface area contributed by atoms with Gasteiger partial charge >= 0.3 is 6.09 Å². The second-order valence-electron chi connectivity index (χ2n) is 2.63. The van der Waals surface area contributed by atoms with Crippen LogP contribution in [0.15, 0.2) is 0 Å². The molecule has 1 saturated heterocycles. The standard InChI is InChI=1S/C7H11NO3/c1-8-5-6(3-2-4-9)11-7(8)10/h4,6H,2-3,5H2,1H3. The Hall–Kier alpha value is -1.06. The van der Waals surface area contributed by atoms with Crippen LogP contribution < -0.4 is 0 Å². The molecule has 0 N–H and O–H groups in total. The van der Waals surface area contributed by atoms with Crippen LogP contribution in [0, 0.1) is 0 Å². The van der Waals surface area contributed by atoms with Gasteiger partial charge in [0.1, 0.15) is 12.4 Å². The molecule has 0 aromatic carbocycles. The Bertz CT molecular complexity index is 169. The van der Waals surface area contributed by atoms with Crippen molar-refractivity contribution in [2.45, 2.75) is 18.9 Å². The van der Waals surface area contributed by atoms with Gasteiger partial charge in [-0.1, -0.05) is 0 Å². The Morgan fingerprint density at radius 2 is 2.55 bits per heavy atom. The van der Waals surface area contributed by atoms with Gasteiger partial charge in [-0.05, 0) is 6.42 Å². The van der Waals surface area contributed by atoms with Gasteiger partial charge in [0.05, 0.1) is 6.54 Å². The highest BCUT2D eigenvalue weighted by Gasteiger charge is 2.27. The summed E-state index contributed by atoms with van der Waals surface area (Å²) in [5.74, 6) is 0. The number of cyclic esters (lactones) is 1. The average molecular weight is 157 g/mol. The first-order chi connectivity index (χ1) is 5.24. The largest absolute Gasteiger partial charge is 0.444 e. The smallest absolute Gasteiger partial charge is 0.409 e. The van der Waals surface area contributed by atoms with E-state index in [0.29, 0.717) is 19.4 Å². The Kier molecular flexibility index (Phi) is 2.46. The number of ether oxygens (including phenoxy) is 1. The van der Waals surface area contributed by atoms with E-state index in [2.05, 4.69) is 0 Å². The molecule has 62 valence electrons. The van der Waals surface area contributed by atoms with Gasteiger partial charge in [-0.2, -0.15) is 0 Å². The second-order valence-corrected chi connectivity index (χ2v) is 2.63. The highest BCUT2D eigenvalue weighted by Crippen LogP contribution is 2.12. The van der Waals surface area contributed by atoms with E-state index in [0.717, 1.165) is 6.29 Å². The maximum absolute atomic E-state index is 10.8. The summed E-state index contributed by atoms with van der Waals surface area (Å²) < 4.78 is 4.90. The average Bonchev–Trinajstić information content (AvgIpc) is 2.28. The maximum atomic E-state index is 10.8. The molecule has 0 saturated carbocycles. The Morgan fingerprint density at radius 3 is 3.00 bits per heavy atom. The van der Waals surface area contributed by atoms with Gasteiger partial charge in [0.25, 0.3) is 0 Å². The minimum Gasteiger partial charge on any atom is -0.444 e. The Morgan fingerprint density at radius 1 is 1.82 bits per heavy atom. The van der Waals surface area contributed by atoms with E-state index in [1.165, 1.54) is 4.90 Å². The number of hydrogen-bond donors (Lipinski definition) is 0. The van der Waals surface area contributed by atoms with E-state index in [1.807, 2.05) is 0 Å². The molecule has 0 spiro atoms. The number of rotatable bonds is 3. The molecule has 0 radical (unpaired) electrons. The van der Waals surface area contributed by atoms with E-state index in [4.69, 9.17) is 4.74 Å². The van der Waals surface area contributed by atoms with Crippen LogP contribution in [0.4, 0.5) is 4.79 Å². The first-order valence-corrected chi connectivity index (χ1v) is 3.59. The van der Waals surface area contributed by atoms with Crippen molar-refractivity contribution in [3.63, 3.8) is 0 Å². The van der Waals surface area contributed by atoms with Crippen LogP contribution in [0.5, 0.6) is 0 Å². The van der Waals surface area contributed by atoms with E-state index in [9.17, 15) is 9.59 Å². The Labute approximate surface area is 65.1 Å². The summed E-state index contributed by atoms with van der Waals surface area (Å²) in [7, 11) is 1.68. The fourth-order valence-corrected chi connectivity index (χ4v) is 1.05. The van der Waals surface area contributed by atoms with Crippen molar-refractivity contribution in [3.05, 3.63) is 0 Å². The molecular formula is C7H11NO3. The zero-order valence-electron chi connectivity index (χ0n) is 6.45. The lowest BCUT2D eigenvalue weighted by atomic mass is 10.2. The van der Waals surface area contributed by atoms with Crippen LogP contribution in [0.25, 0.3) is 0 Å². The fourth-order valence-electron chi connectivity index (χ4n) is 1.05. The number of carbonyl (C=O) groups is 2. The highest BCUT2D eigenvalue weighted by atomic mass is 16.6. The second kappa shape index (κ2) is 3.37. The van der Waals surface area contributed by atoms with Crippen molar-refractivity contribution in [2.24, 2.45) is 0 Å². The zero-order valence-corrected chi connectivity index (χ0v) is 6.45. The van der Waals surface area contributed by atoms with Gasteiger partial charge in [0, 0.05) is 13.5 Å². The lowest BCUT2D eigenvalue weighted by Crippen LogP contribution is -2.19. The predicted octanol–water partition coefficient (Wildman–Crippen LogP) is 0.416. The molecule has 1 atom stereocenters. The normalized spacial score (nSPS) is 23.5. The lowest BCUT2D eigenvalue weighted by molar-refractivity contribution is -0.108. The molecule has 0 aliphatic carbocycles. The molecule has 4 heteroatoms. The summed E-state index contributed by atoms with van der Waals surface area (Å²) in [5.41, 5.74) is 0. The number of nitrogens with zero attached hydrogens (tertiary/aromatic N) is 1. The van der Waals surface area contributed by atoms with Gasteiger partial charge < -0.3 is 14.4 Å². The number of likely N-dealkylation sites (N-methyl/N-ethyl adjacent to an activating group) is 1. The number of hydrogen-bond acceptors (Lipinski definition) is 3. The van der Waals surface area contributed by atoms with Crippen LogP contribution in [-0.4, -0.2) is 37.0 Å². The SMILES string of the molecule is CN1CC(CCC=O)OC1=O. The highest BCUT2D eigenvalue weighted by molar-refractivity contribution is 5.69. The monoisotopic (exact) mass is 157 g/mol. The first kappa shape index (κ1) is 8.04. The third-order valence-corrected chi connectivity index (χ3v) is 1.66. The van der Waals surface area contributed by atoms with Gasteiger partial charge in [-0.25, -0.2) is 4.79 Å². The molecule has 4 nitrogen and oxygen atoms in total. The molecular weight excluding hydrogens is 146 g/mol. The molecule has 0 aromatic heterocycles. The minimum absolute atomic E-state index is 0.0855. The van der Waals surface area contributed by atoms with E-state index in [1.54, 1.807) is 7.05 Å². The zero-order chi connectivity index (χ0) is 8.27. The van der Waals surface area contributed by atoms with Gasteiger partial charge in [-0.15, -0.1) is 0 Å². The first-order valence-electron chi connectivity index (χ1n) is 3.59. The van der Waals surface area contributed by atoms with Crippen LogP contribution in [-0.2, 0) is 9.53 Å². The molecule has 1 aliphatic rings. The topological polar surface area (TPSA) is 46.6 Å². The van der Waals surface area contributed by atoms with Crippen molar-refractivity contribution in [3.8, 4) is 0 Å². The summed E-state index contributed by atoms with van der Waals surface area (Å²) in [6, 6.07) is 0. The molecule has 1 rings (SSSR count). The molecule has 0 bridgehead atoms. The van der Waals surface area contributed by atoms with Crippen molar-refractivity contribution in [1.82, 2.24) is 4.90 Å². The molecule has 1 heterocycles. The van der Waals surface area contributed by atoms with Crippen LogP contribution in [0.2, 0.25) is 0 Å². The van der Waals surface area contributed by atoms with Crippen molar-refractivity contribution in [2.75, 3.05) is 13.6 Å². The number of aldehydes is 1. The number of amides is 1. The molecule has 1 fully saturated rings. The molecule has 0 aromatic rings. The third kappa shape index (κ3) is 1.93. The van der Waals surface area contributed by atoms with E-state index >= 15 is 0 Å². The van der Waals surface area contributed by atoms with E-state index < -0.39 is 0 Å². The van der Waals surface area contributed by atoms with Crippen LogP contribution in [0.1, 0.15) is 12.8 Å². The number of carbonyl (C=O) groups excluding carboxylic acids is 2. The van der Waals surface area contributed by atoms with Gasteiger partial charge in [0.15, 0.2) is 0 Å². The van der Waals surface area contributed by atoms with Crippen molar-refractivity contribution < 1.29 is 14.3 Å². The van der Waals surface area contributed by atoms with Crippen LogP contribution in [0.3, 0.4) is 0 Å². The Balaban J connectivity index is 2.29.